The average molecular weight is 303 g/mol. The molecule has 0 fully saturated rings. The lowest BCUT2D eigenvalue weighted by Crippen LogP contribution is -3.00. The minimum absolute atomic E-state index is 0. The Hall–Kier alpha value is 0.710. The van der Waals surface area contributed by atoms with E-state index >= 15 is 0 Å². The summed E-state index contributed by atoms with van der Waals surface area (Å²) in [6.45, 7) is 2.76. The fourth-order valence-corrected chi connectivity index (χ4v) is 1.66. The molecule has 0 amide bonds. The summed E-state index contributed by atoms with van der Waals surface area (Å²) in [4.78, 5) is 10.5. The summed E-state index contributed by atoms with van der Waals surface area (Å²) in [7, 11) is 6.48. The van der Waals surface area contributed by atoms with Gasteiger partial charge in [-0.2, -0.15) is 0 Å². The molecular weight excluding hydrogens is 285 g/mol. The molecule has 0 aromatic rings. The predicted molar refractivity (Wildman–Crippen MR) is 50.9 cm³/mol. The number of hydrogen-bond donors (Lipinski definition) is 0. The Morgan fingerprint density at radius 1 is 1.33 bits per heavy atom. The van der Waals surface area contributed by atoms with Crippen LogP contribution in [-0.4, -0.2) is 49.5 Å². The second-order valence-electron chi connectivity index (χ2n) is 3.77. The highest BCUT2D eigenvalue weighted by molar-refractivity contribution is 7.99. The molecule has 0 aromatic heterocycles. The highest BCUT2D eigenvalue weighted by Gasteiger charge is 2.05. The molecule has 0 saturated carbocycles. The number of carbonyl (C=O) groups excluding carboxylic acids is 1. The van der Waals surface area contributed by atoms with Gasteiger partial charge in [0.25, 0.3) is 0 Å². The van der Waals surface area contributed by atoms with Crippen LogP contribution in [0, 0.1) is 0 Å². The third-order valence-electron chi connectivity index (χ3n) is 1.21. The number of nitrogens with zero attached hydrogens (tertiary/aromatic N) is 1. The van der Waals surface area contributed by atoms with Gasteiger partial charge in [0, 0.05) is 5.75 Å². The van der Waals surface area contributed by atoms with Crippen LogP contribution >= 0.6 is 11.8 Å². The van der Waals surface area contributed by atoms with Crippen LogP contribution in [0.1, 0.15) is 6.92 Å². The summed E-state index contributed by atoms with van der Waals surface area (Å²) < 4.78 is 0.977. The van der Waals surface area contributed by atoms with Crippen molar-refractivity contribution in [2.75, 3.05) is 39.2 Å². The maximum Gasteiger partial charge on any atom is 0.139 e. The van der Waals surface area contributed by atoms with Gasteiger partial charge in [-0.25, -0.2) is 0 Å². The number of halogens is 1. The number of carbonyl (C=O) groups is 1. The number of hydrogen-bond acceptors (Lipinski definition) is 2. The fourth-order valence-electron chi connectivity index (χ4n) is 0.554. The molecule has 0 saturated heterocycles. The van der Waals surface area contributed by atoms with Gasteiger partial charge in [-0.15, -0.1) is 11.8 Å². The lowest BCUT2D eigenvalue weighted by molar-refractivity contribution is -0.867. The van der Waals surface area contributed by atoms with Crippen molar-refractivity contribution in [1.29, 1.82) is 0 Å². The summed E-state index contributed by atoms with van der Waals surface area (Å²) in [6, 6.07) is 0. The highest BCUT2D eigenvalue weighted by Crippen LogP contribution is 2.02. The van der Waals surface area contributed by atoms with Gasteiger partial charge in [-0.05, 0) is 6.92 Å². The SMILES string of the molecule is CC(=O)CSCC[N+](C)(C)C.[I-]. The van der Waals surface area contributed by atoms with E-state index in [1.54, 1.807) is 18.7 Å². The number of Topliss-reactive ketones (excluding diaryl/α,β-unsaturated/α-hetero) is 1. The Kier molecular flexibility index (Phi) is 9.05. The van der Waals surface area contributed by atoms with Gasteiger partial charge < -0.3 is 28.5 Å². The van der Waals surface area contributed by atoms with Gasteiger partial charge in [0.05, 0.1) is 33.4 Å². The van der Waals surface area contributed by atoms with Crippen LogP contribution in [0.2, 0.25) is 0 Å². The third kappa shape index (κ3) is 13.3. The van der Waals surface area contributed by atoms with Crippen molar-refractivity contribution >= 4 is 17.5 Å². The Morgan fingerprint density at radius 3 is 2.17 bits per heavy atom. The Morgan fingerprint density at radius 2 is 1.83 bits per heavy atom. The molecule has 0 bridgehead atoms. The molecule has 0 rings (SSSR count). The monoisotopic (exact) mass is 303 g/mol. The first-order valence-corrected chi connectivity index (χ1v) is 4.95. The molecule has 0 aliphatic rings. The van der Waals surface area contributed by atoms with Crippen molar-refractivity contribution in [2.45, 2.75) is 6.92 Å². The van der Waals surface area contributed by atoms with E-state index in [-0.39, 0.29) is 29.8 Å². The molecule has 4 heteroatoms. The zero-order chi connectivity index (χ0) is 8.91. The van der Waals surface area contributed by atoms with Gasteiger partial charge >= 0.3 is 0 Å². The van der Waals surface area contributed by atoms with Crippen LogP contribution in [0.3, 0.4) is 0 Å². The minimum Gasteiger partial charge on any atom is -1.00 e. The zero-order valence-corrected chi connectivity index (χ0v) is 11.2. The average Bonchev–Trinajstić information content (AvgIpc) is 1.78. The Labute approximate surface area is 96.7 Å². The molecule has 0 heterocycles. The summed E-state index contributed by atoms with van der Waals surface area (Å²) in [5, 5.41) is 0. The summed E-state index contributed by atoms with van der Waals surface area (Å²) in [5.41, 5.74) is 0. The maximum atomic E-state index is 10.5. The second kappa shape index (κ2) is 7.15. The molecule has 2 nitrogen and oxygen atoms in total. The first kappa shape index (κ1) is 15.2. The topological polar surface area (TPSA) is 17.1 Å². The Bertz CT molecular complexity index is 134. The van der Waals surface area contributed by atoms with Crippen LogP contribution in [0.15, 0.2) is 0 Å². The van der Waals surface area contributed by atoms with Crippen molar-refractivity contribution in [3.63, 3.8) is 0 Å². The minimum atomic E-state index is 0. The third-order valence-corrected chi connectivity index (χ3v) is 2.29. The first-order chi connectivity index (χ1) is 4.92. The standard InChI is InChI=1S/C8H18NOS.HI/c1-8(10)7-11-6-5-9(2,3)4;/h5-7H2,1-4H3;1H/q+1;/p-1. The first-order valence-electron chi connectivity index (χ1n) is 3.79. The summed E-state index contributed by atoms with van der Waals surface area (Å²) in [6.07, 6.45) is 0. The van der Waals surface area contributed by atoms with Gasteiger partial charge in [-0.3, -0.25) is 4.79 Å². The van der Waals surface area contributed by atoms with E-state index in [4.69, 9.17) is 0 Å². The molecule has 0 unspecified atom stereocenters. The van der Waals surface area contributed by atoms with E-state index in [9.17, 15) is 4.79 Å². The quantitative estimate of drug-likeness (QED) is 0.333. The fraction of sp³-hybridized carbons (Fsp3) is 0.875. The number of rotatable bonds is 5. The molecule has 0 N–H and O–H groups in total. The zero-order valence-electron chi connectivity index (χ0n) is 8.26. The molecule has 0 atom stereocenters. The molecule has 0 aliphatic heterocycles. The van der Waals surface area contributed by atoms with Crippen molar-refractivity contribution < 1.29 is 33.3 Å². The van der Waals surface area contributed by atoms with Crippen molar-refractivity contribution in [3.05, 3.63) is 0 Å². The number of thioether (sulfide) groups is 1. The highest BCUT2D eigenvalue weighted by atomic mass is 127. The number of ketones is 1. The van der Waals surface area contributed by atoms with E-state index in [0.717, 1.165) is 16.8 Å². The molecule has 0 aliphatic carbocycles. The van der Waals surface area contributed by atoms with Crippen LogP contribution in [0.5, 0.6) is 0 Å². The van der Waals surface area contributed by atoms with Crippen LogP contribution in [0.4, 0.5) is 0 Å². The van der Waals surface area contributed by atoms with Gasteiger partial charge in [0.15, 0.2) is 0 Å². The Balaban J connectivity index is 0. The molecule has 0 spiro atoms. The van der Waals surface area contributed by atoms with Crippen LogP contribution in [-0.2, 0) is 4.79 Å². The lowest BCUT2D eigenvalue weighted by atomic mass is 10.5. The van der Waals surface area contributed by atoms with Crippen LogP contribution < -0.4 is 24.0 Å². The number of quaternary nitrogens is 1. The van der Waals surface area contributed by atoms with E-state index in [1.165, 1.54) is 0 Å². The van der Waals surface area contributed by atoms with Gasteiger partial charge in [0.1, 0.15) is 5.78 Å². The molecule has 74 valence electrons. The maximum absolute atomic E-state index is 10.5. The van der Waals surface area contributed by atoms with Crippen molar-refractivity contribution in [2.24, 2.45) is 0 Å². The molecular formula is C8H18INOS. The van der Waals surface area contributed by atoms with E-state index in [1.807, 2.05) is 0 Å². The largest absolute Gasteiger partial charge is 1.00 e. The smallest absolute Gasteiger partial charge is 0.139 e. The van der Waals surface area contributed by atoms with Gasteiger partial charge in [0.2, 0.25) is 0 Å². The van der Waals surface area contributed by atoms with Gasteiger partial charge in [-0.1, -0.05) is 0 Å². The second-order valence-corrected chi connectivity index (χ2v) is 4.87. The molecule has 0 aromatic carbocycles. The normalized spacial score (nSPS) is 10.7. The molecule has 0 radical (unpaired) electrons. The van der Waals surface area contributed by atoms with E-state index in [0.29, 0.717) is 5.75 Å². The molecule has 12 heavy (non-hydrogen) atoms. The van der Waals surface area contributed by atoms with E-state index in [2.05, 4.69) is 21.1 Å². The van der Waals surface area contributed by atoms with Crippen LogP contribution in [0.25, 0.3) is 0 Å². The summed E-state index contributed by atoms with van der Waals surface area (Å²) >= 11 is 1.72. The van der Waals surface area contributed by atoms with Crippen molar-refractivity contribution in [1.82, 2.24) is 0 Å². The predicted octanol–water partition coefficient (Wildman–Crippen LogP) is -1.98. The lowest BCUT2D eigenvalue weighted by Gasteiger charge is -2.23. The van der Waals surface area contributed by atoms with E-state index < -0.39 is 0 Å². The summed E-state index contributed by atoms with van der Waals surface area (Å²) in [5.74, 6) is 2.01. The van der Waals surface area contributed by atoms with Crippen molar-refractivity contribution in [3.8, 4) is 0 Å².